The summed E-state index contributed by atoms with van der Waals surface area (Å²) in [6.45, 7) is 6.05. The maximum absolute atomic E-state index is 11.8. The van der Waals surface area contributed by atoms with E-state index in [0.29, 0.717) is 26.2 Å². The summed E-state index contributed by atoms with van der Waals surface area (Å²) in [6.07, 6.45) is 0.924. The number of carbonyl (C=O) groups excluding carboxylic acids is 2. The fourth-order valence-corrected chi connectivity index (χ4v) is 1.83. The normalized spacial score (nSPS) is 16.7. The molecule has 1 fully saturated rings. The van der Waals surface area contributed by atoms with Crippen LogP contribution in [0.3, 0.4) is 0 Å². The molecule has 104 valence electrons. The van der Waals surface area contributed by atoms with Gasteiger partial charge in [0.1, 0.15) is 6.61 Å². The molecule has 1 aliphatic heterocycles. The number of nitrogens with zero attached hydrogens (tertiary/aromatic N) is 2. The lowest BCUT2D eigenvalue weighted by Crippen LogP contribution is -2.51. The second-order valence-corrected chi connectivity index (χ2v) is 4.38. The summed E-state index contributed by atoms with van der Waals surface area (Å²) < 4.78 is 5.24. The second-order valence-electron chi connectivity index (χ2n) is 4.38. The maximum atomic E-state index is 11.8. The van der Waals surface area contributed by atoms with Crippen LogP contribution in [0, 0.1) is 0 Å². The van der Waals surface area contributed by atoms with E-state index in [0.717, 1.165) is 19.5 Å². The standard InChI is InChI=1S/C12H23N3O3/c1-3-8-18-10-12(17)15-6-4-14(5-7-15)9-11(16)13-2/h3-10H2,1-2H3,(H,13,16). The summed E-state index contributed by atoms with van der Waals surface area (Å²) in [4.78, 5) is 26.8. The molecule has 6 heteroatoms. The van der Waals surface area contributed by atoms with Crippen LogP contribution in [0.25, 0.3) is 0 Å². The van der Waals surface area contributed by atoms with E-state index in [1.54, 1.807) is 11.9 Å². The summed E-state index contributed by atoms with van der Waals surface area (Å²) in [5, 5.41) is 2.60. The molecule has 1 heterocycles. The highest BCUT2D eigenvalue weighted by atomic mass is 16.5. The Morgan fingerprint density at radius 1 is 1.22 bits per heavy atom. The fourth-order valence-electron chi connectivity index (χ4n) is 1.83. The lowest BCUT2D eigenvalue weighted by molar-refractivity contribution is -0.138. The smallest absolute Gasteiger partial charge is 0.248 e. The molecule has 0 saturated carbocycles. The molecule has 0 bridgehead atoms. The van der Waals surface area contributed by atoms with Crippen molar-refractivity contribution in [2.24, 2.45) is 0 Å². The van der Waals surface area contributed by atoms with Gasteiger partial charge < -0.3 is 15.0 Å². The molecule has 0 aliphatic carbocycles. The molecule has 6 nitrogen and oxygen atoms in total. The predicted molar refractivity (Wildman–Crippen MR) is 68.2 cm³/mol. The van der Waals surface area contributed by atoms with Crippen LogP contribution >= 0.6 is 0 Å². The first-order valence-corrected chi connectivity index (χ1v) is 6.45. The van der Waals surface area contributed by atoms with E-state index >= 15 is 0 Å². The van der Waals surface area contributed by atoms with Crippen molar-refractivity contribution in [3.8, 4) is 0 Å². The third-order valence-corrected chi connectivity index (χ3v) is 2.95. The topological polar surface area (TPSA) is 61.9 Å². The summed E-state index contributed by atoms with van der Waals surface area (Å²) in [5.41, 5.74) is 0. The Kier molecular flexibility index (Phi) is 6.67. The van der Waals surface area contributed by atoms with E-state index in [9.17, 15) is 9.59 Å². The van der Waals surface area contributed by atoms with Gasteiger partial charge in [0.15, 0.2) is 0 Å². The van der Waals surface area contributed by atoms with Crippen molar-refractivity contribution in [1.29, 1.82) is 0 Å². The highest BCUT2D eigenvalue weighted by Crippen LogP contribution is 2.02. The van der Waals surface area contributed by atoms with Crippen LogP contribution in [0.5, 0.6) is 0 Å². The number of hydrogen-bond acceptors (Lipinski definition) is 4. The van der Waals surface area contributed by atoms with E-state index in [1.807, 2.05) is 6.92 Å². The summed E-state index contributed by atoms with van der Waals surface area (Å²) >= 11 is 0. The minimum Gasteiger partial charge on any atom is -0.372 e. The Bertz CT molecular complexity index is 276. The Morgan fingerprint density at radius 2 is 1.89 bits per heavy atom. The van der Waals surface area contributed by atoms with Crippen LogP contribution in [-0.2, 0) is 14.3 Å². The zero-order valence-corrected chi connectivity index (χ0v) is 11.3. The van der Waals surface area contributed by atoms with E-state index in [-0.39, 0.29) is 18.4 Å². The molecule has 1 rings (SSSR count). The molecule has 1 aliphatic rings. The van der Waals surface area contributed by atoms with Gasteiger partial charge in [-0.3, -0.25) is 14.5 Å². The number of hydrogen-bond donors (Lipinski definition) is 1. The molecular formula is C12H23N3O3. The van der Waals surface area contributed by atoms with E-state index in [2.05, 4.69) is 10.2 Å². The van der Waals surface area contributed by atoms with Crippen molar-refractivity contribution in [1.82, 2.24) is 15.1 Å². The van der Waals surface area contributed by atoms with Gasteiger partial charge in [-0.1, -0.05) is 6.92 Å². The lowest BCUT2D eigenvalue weighted by Gasteiger charge is -2.34. The van der Waals surface area contributed by atoms with Crippen LogP contribution < -0.4 is 5.32 Å². The third kappa shape index (κ3) is 5.01. The summed E-state index contributed by atoms with van der Waals surface area (Å²) in [5.74, 6) is 0.0594. The average molecular weight is 257 g/mol. The first-order chi connectivity index (χ1) is 8.67. The van der Waals surface area contributed by atoms with E-state index in [1.165, 1.54) is 0 Å². The van der Waals surface area contributed by atoms with Crippen molar-refractivity contribution >= 4 is 11.8 Å². The fraction of sp³-hybridized carbons (Fsp3) is 0.833. The molecule has 0 radical (unpaired) electrons. The van der Waals surface area contributed by atoms with E-state index < -0.39 is 0 Å². The van der Waals surface area contributed by atoms with Crippen LogP contribution in [0.1, 0.15) is 13.3 Å². The summed E-state index contributed by atoms with van der Waals surface area (Å²) in [7, 11) is 1.63. The van der Waals surface area contributed by atoms with Crippen molar-refractivity contribution in [3.05, 3.63) is 0 Å². The predicted octanol–water partition coefficient (Wildman–Crippen LogP) is -0.697. The zero-order valence-electron chi connectivity index (χ0n) is 11.3. The minimum absolute atomic E-state index is 0.0149. The number of rotatable bonds is 6. The lowest BCUT2D eigenvalue weighted by atomic mass is 10.3. The number of likely N-dealkylation sites (N-methyl/N-ethyl adjacent to an activating group) is 1. The zero-order chi connectivity index (χ0) is 13.4. The largest absolute Gasteiger partial charge is 0.372 e. The summed E-state index contributed by atoms with van der Waals surface area (Å²) in [6, 6.07) is 0. The molecule has 0 spiro atoms. The molecule has 0 unspecified atom stereocenters. The number of piperazine rings is 1. The molecule has 0 aromatic heterocycles. The molecule has 0 aromatic carbocycles. The van der Waals surface area contributed by atoms with Crippen molar-refractivity contribution < 1.29 is 14.3 Å². The van der Waals surface area contributed by atoms with Crippen molar-refractivity contribution in [2.75, 3.05) is 53.0 Å². The van der Waals surface area contributed by atoms with Gasteiger partial charge in [0.25, 0.3) is 0 Å². The molecule has 1 saturated heterocycles. The Hall–Kier alpha value is -1.14. The molecule has 1 N–H and O–H groups in total. The molecule has 0 aromatic rings. The highest BCUT2D eigenvalue weighted by molar-refractivity contribution is 5.78. The quantitative estimate of drug-likeness (QED) is 0.639. The Morgan fingerprint density at radius 3 is 2.44 bits per heavy atom. The number of amides is 2. The van der Waals surface area contributed by atoms with Gasteiger partial charge in [-0.05, 0) is 6.42 Å². The highest BCUT2D eigenvalue weighted by Gasteiger charge is 2.21. The van der Waals surface area contributed by atoms with E-state index in [4.69, 9.17) is 4.74 Å². The van der Waals surface area contributed by atoms with Crippen LogP contribution in [0.2, 0.25) is 0 Å². The number of ether oxygens (including phenoxy) is 1. The number of carbonyl (C=O) groups is 2. The second kappa shape index (κ2) is 8.05. The maximum Gasteiger partial charge on any atom is 0.248 e. The van der Waals surface area contributed by atoms with Crippen LogP contribution in [0.4, 0.5) is 0 Å². The van der Waals surface area contributed by atoms with Gasteiger partial charge in [-0.25, -0.2) is 0 Å². The average Bonchev–Trinajstić information content (AvgIpc) is 2.39. The van der Waals surface area contributed by atoms with Crippen molar-refractivity contribution in [3.63, 3.8) is 0 Å². The number of nitrogens with one attached hydrogen (secondary N) is 1. The van der Waals surface area contributed by atoms with Crippen LogP contribution in [-0.4, -0.2) is 74.6 Å². The molecule has 0 atom stereocenters. The van der Waals surface area contributed by atoms with Crippen LogP contribution in [0.15, 0.2) is 0 Å². The first-order valence-electron chi connectivity index (χ1n) is 6.45. The van der Waals surface area contributed by atoms with Gasteiger partial charge in [0.05, 0.1) is 6.54 Å². The van der Waals surface area contributed by atoms with Gasteiger partial charge >= 0.3 is 0 Å². The molecule has 2 amide bonds. The van der Waals surface area contributed by atoms with Crippen molar-refractivity contribution in [2.45, 2.75) is 13.3 Å². The molecular weight excluding hydrogens is 234 g/mol. The van der Waals surface area contributed by atoms with Gasteiger partial charge in [-0.15, -0.1) is 0 Å². The monoisotopic (exact) mass is 257 g/mol. The van der Waals surface area contributed by atoms with Gasteiger partial charge in [0.2, 0.25) is 11.8 Å². The van der Waals surface area contributed by atoms with Gasteiger partial charge in [-0.2, -0.15) is 0 Å². The molecule has 18 heavy (non-hydrogen) atoms. The minimum atomic E-state index is 0.0149. The third-order valence-electron chi connectivity index (χ3n) is 2.95. The SMILES string of the molecule is CCCOCC(=O)N1CCN(CC(=O)NC)CC1. The Labute approximate surface area is 108 Å². The first kappa shape index (κ1) is 14.9. The van der Waals surface area contributed by atoms with Gasteiger partial charge in [0, 0.05) is 39.8 Å². The Balaban J connectivity index is 2.22.